The SMILES string of the molecule is CC1CN(C)CCN1C(=O)OCCO. The van der Waals surface area contributed by atoms with Crippen molar-refractivity contribution in [2.45, 2.75) is 13.0 Å². The molecular formula is C9H18N2O3. The zero-order chi connectivity index (χ0) is 10.6. The Labute approximate surface area is 84.2 Å². The van der Waals surface area contributed by atoms with Gasteiger partial charge in [-0.15, -0.1) is 0 Å². The number of hydrogen-bond donors (Lipinski definition) is 1. The lowest BCUT2D eigenvalue weighted by Gasteiger charge is -2.37. The van der Waals surface area contributed by atoms with Gasteiger partial charge in [-0.3, -0.25) is 0 Å². The van der Waals surface area contributed by atoms with Crippen LogP contribution in [0.5, 0.6) is 0 Å². The lowest BCUT2D eigenvalue weighted by atomic mass is 10.2. The van der Waals surface area contributed by atoms with Crippen LogP contribution in [-0.4, -0.2) is 66.9 Å². The number of piperazine rings is 1. The fourth-order valence-electron chi connectivity index (χ4n) is 1.63. The number of aliphatic hydroxyl groups is 1. The minimum absolute atomic E-state index is 0.0812. The van der Waals surface area contributed by atoms with Crippen LogP contribution in [0.2, 0.25) is 0 Å². The van der Waals surface area contributed by atoms with Crippen LogP contribution in [0.4, 0.5) is 4.79 Å². The summed E-state index contributed by atoms with van der Waals surface area (Å²) < 4.78 is 4.85. The van der Waals surface area contributed by atoms with Crippen molar-refractivity contribution in [3.63, 3.8) is 0 Å². The molecule has 1 amide bonds. The van der Waals surface area contributed by atoms with E-state index in [1.54, 1.807) is 4.90 Å². The van der Waals surface area contributed by atoms with Crippen molar-refractivity contribution in [3.05, 3.63) is 0 Å². The molecule has 0 saturated carbocycles. The van der Waals surface area contributed by atoms with Crippen molar-refractivity contribution >= 4 is 6.09 Å². The van der Waals surface area contributed by atoms with Crippen molar-refractivity contribution in [3.8, 4) is 0 Å². The number of hydrogen-bond acceptors (Lipinski definition) is 4. The molecule has 1 N–H and O–H groups in total. The van der Waals surface area contributed by atoms with Crippen LogP contribution in [0.25, 0.3) is 0 Å². The summed E-state index contributed by atoms with van der Waals surface area (Å²) in [6.07, 6.45) is -0.320. The third-order valence-electron chi connectivity index (χ3n) is 2.38. The Morgan fingerprint density at radius 1 is 1.57 bits per heavy atom. The number of aliphatic hydroxyl groups excluding tert-OH is 1. The molecule has 1 atom stereocenters. The minimum atomic E-state index is -0.320. The molecule has 82 valence electrons. The molecule has 5 nitrogen and oxygen atoms in total. The predicted molar refractivity (Wildman–Crippen MR) is 52.1 cm³/mol. The van der Waals surface area contributed by atoms with Gasteiger partial charge in [-0.1, -0.05) is 0 Å². The highest BCUT2D eigenvalue weighted by Gasteiger charge is 2.26. The average molecular weight is 202 g/mol. The van der Waals surface area contributed by atoms with Crippen LogP contribution in [0.15, 0.2) is 0 Å². The zero-order valence-corrected chi connectivity index (χ0v) is 8.77. The molecule has 0 aliphatic carbocycles. The molecule has 1 heterocycles. The predicted octanol–water partition coefficient (Wildman–Crippen LogP) is -0.249. The summed E-state index contributed by atoms with van der Waals surface area (Å²) in [6.45, 7) is 4.40. The summed E-state index contributed by atoms with van der Waals surface area (Å²) in [6, 6.07) is 0.181. The number of rotatable bonds is 2. The van der Waals surface area contributed by atoms with E-state index in [2.05, 4.69) is 4.90 Å². The minimum Gasteiger partial charge on any atom is -0.447 e. The summed E-state index contributed by atoms with van der Waals surface area (Å²) in [5, 5.41) is 8.52. The Hall–Kier alpha value is -0.810. The van der Waals surface area contributed by atoms with E-state index in [0.717, 1.165) is 13.1 Å². The first-order valence-corrected chi connectivity index (χ1v) is 4.88. The second-order valence-corrected chi connectivity index (χ2v) is 3.64. The van der Waals surface area contributed by atoms with Crippen LogP contribution in [-0.2, 0) is 4.74 Å². The van der Waals surface area contributed by atoms with Crippen molar-refractivity contribution in [1.29, 1.82) is 0 Å². The molecule has 1 unspecified atom stereocenters. The molecule has 0 spiro atoms. The van der Waals surface area contributed by atoms with E-state index in [1.807, 2.05) is 14.0 Å². The Balaban J connectivity index is 2.39. The second-order valence-electron chi connectivity index (χ2n) is 3.64. The van der Waals surface area contributed by atoms with E-state index in [0.29, 0.717) is 6.54 Å². The summed E-state index contributed by atoms with van der Waals surface area (Å²) in [5.74, 6) is 0. The van der Waals surface area contributed by atoms with Gasteiger partial charge in [0, 0.05) is 25.7 Å². The summed E-state index contributed by atoms with van der Waals surface area (Å²) >= 11 is 0. The van der Waals surface area contributed by atoms with Crippen LogP contribution < -0.4 is 0 Å². The number of ether oxygens (including phenoxy) is 1. The first-order valence-electron chi connectivity index (χ1n) is 4.88. The van der Waals surface area contributed by atoms with Gasteiger partial charge in [0.1, 0.15) is 6.61 Å². The average Bonchev–Trinajstić information content (AvgIpc) is 2.14. The van der Waals surface area contributed by atoms with Crippen LogP contribution in [0, 0.1) is 0 Å². The standard InChI is InChI=1S/C9H18N2O3/c1-8-7-10(2)3-4-11(8)9(13)14-6-5-12/h8,12H,3-7H2,1-2H3. The van der Waals surface area contributed by atoms with Gasteiger partial charge >= 0.3 is 6.09 Å². The largest absolute Gasteiger partial charge is 0.447 e. The molecule has 5 heteroatoms. The molecule has 1 rings (SSSR count). The lowest BCUT2D eigenvalue weighted by Crippen LogP contribution is -2.52. The van der Waals surface area contributed by atoms with Crippen molar-refractivity contribution in [2.24, 2.45) is 0 Å². The number of carbonyl (C=O) groups is 1. The molecule has 1 fully saturated rings. The Morgan fingerprint density at radius 3 is 2.86 bits per heavy atom. The highest BCUT2D eigenvalue weighted by Crippen LogP contribution is 2.09. The maximum absolute atomic E-state index is 11.4. The van der Waals surface area contributed by atoms with Gasteiger partial charge in [0.2, 0.25) is 0 Å². The third kappa shape index (κ3) is 2.85. The Morgan fingerprint density at radius 2 is 2.29 bits per heavy atom. The number of likely N-dealkylation sites (N-methyl/N-ethyl adjacent to an activating group) is 1. The lowest BCUT2D eigenvalue weighted by molar-refractivity contribution is 0.0491. The van der Waals surface area contributed by atoms with Gasteiger partial charge in [-0.05, 0) is 14.0 Å². The maximum atomic E-state index is 11.4. The van der Waals surface area contributed by atoms with Gasteiger partial charge in [0.05, 0.1) is 6.61 Å². The smallest absolute Gasteiger partial charge is 0.410 e. The van der Waals surface area contributed by atoms with E-state index < -0.39 is 0 Å². The van der Waals surface area contributed by atoms with E-state index in [1.165, 1.54) is 0 Å². The van der Waals surface area contributed by atoms with E-state index in [4.69, 9.17) is 9.84 Å². The van der Waals surface area contributed by atoms with Gasteiger partial charge in [0.15, 0.2) is 0 Å². The summed E-state index contributed by atoms with van der Waals surface area (Å²) in [7, 11) is 2.03. The molecule has 0 radical (unpaired) electrons. The molecule has 1 aliphatic rings. The maximum Gasteiger partial charge on any atom is 0.410 e. The molecular weight excluding hydrogens is 184 g/mol. The third-order valence-corrected chi connectivity index (χ3v) is 2.38. The van der Waals surface area contributed by atoms with Crippen molar-refractivity contribution in [1.82, 2.24) is 9.80 Å². The highest BCUT2D eigenvalue weighted by molar-refractivity contribution is 5.68. The van der Waals surface area contributed by atoms with Gasteiger partial charge < -0.3 is 19.6 Å². The number of nitrogens with zero attached hydrogens (tertiary/aromatic N) is 2. The topological polar surface area (TPSA) is 53.0 Å². The van der Waals surface area contributed by atoms with E-state index >= 15 is 0 Å². The van der Waals surface area contributed by atoms with Crippen molar-refractivity contribution in [2.75, 3.05) is 39.9 Å². The monoisotopic (exact) mass is 202 g/mol. The van der Waals surface area contributed by atoms with Gasteiger partial charge in [0.25, 0.3) is 0 Å². The highest BCUT2D eigenvalue weighted by atomic mass is 16.6. The Kier molecular flexibility index (Phi) is 4.16. The van der Waals surface area contributed by atoms with E-state index in [9.17, 15) is 4.79 Å². The summed E-state index contributed by atoms with van der Waals surface area (Å²) in [5.41, 5.74) is 0. The first kappa shape index (κ1) is 11.3. The summed E-state index contributed by atoms with van der Waals surface area (Å²) in [4.78, 5) is 15.3. The second kappa shape index (κ2) is 5.17. The van der Waals surface area contributed by atoms with Crippen LogP contribution in [0.3, 0.4) is 0 Å². The number of amides is 1. The molecule has 0 aromatic carbocycles. The molecule has 14 heavy (non-hydrogen) atoms. The molecule has 0 aromatic rings. The molecule has 0 aromatic heterocycles. The fraction of sp³-hybridized carbons (Fsp3) is 0.889. The first-order chi connectivity index (χ1) is 6.65. The fourth-order valence-corrected chi connectivity index (χ4v) is 1.63. The van der Waals surface area contributed by atoms with Gasteiger partial charge in [-0.2, -0.15) is 0 Å². The zero-order valence-electron chi connectivity index (χ0n) is 8.77. The van der Waals surface area contributed by atoms with Crippen LogP contribution in [0.1, 0.15) is 6.92 Å². The van der Waals surface area contributed by atoms with Crippen LogP contribution >= 0.6 is 0 Å². The normalized spacial score (nSPS) is 23.6. The molecule has 1 aliphatic heterocycles. The van der Waals surface area contributed by atoms with Crippen molar-refractivity contribution < 1.29 is 14.6 Å². The van der Waals surface area contributed by atoms with E-state index in [-0.39, 0.29) is 25.3 Å². The number of carbonyl (C=O) groups excluding carboxylic acids is 1. The Bertz CT molecular complexity index is 198. The quantitative estimate of drug-likeness (QED) is 0.671. The van der Waals surface area contributed by atoms with Gasteiger partial charge in [-0.25, -0.2) is 4.79 Å². The molecule has 0 bridgehead atoms. The molecule has 1 saturated heterocycles.